The van der Waals surface area contributed by atoms with Gasteiger partial charge in [0.15, 0.2) is 0 Å². The number of phosphoric acid groups is 1. The molecular formula is C66H125N2O6P. The number of rotatable bonds is 59. The van der Waals surface area contributed by atoms with Crippen molar-refractivity contribution < 1.29 is 32.9 Å². The van der Waals surface area contributed by atoms with Crippen LogP contribution in [-0.4, -0.2) is 68.5 Å². The van der Waals surface area contributed by atoms with Crippen molar-refractivity contribution in [1.82, 2.24) is 5.32 Å². The molecule has 75 heavy (non-hydrogen) atoms. The Morgan fingerprint density at radius 3 is 1.19 bits per heavy atom. The Hall–Kier alpha value is -1.80. The fraction of sp³-hybridized carbons (Fsp3) is 0.833. The lowest BCUT2D eigenvalue weighted by Crippen LogP contribution is -2.45. The number of quaternary nitrogens is 1. The van der Waals surface area contributed by atoms with Gasteiger partial charge in [0, 0.05) is 6.42 Å². The summed E-state index contributed by atoms with van der Waals surface area (Å²) in [5.41, 5.74) is 0. The highest BCUT2D eigenvalue weighted by Gasteiger charge is 2.23. The number of allylic oxidation sites excluding steroid dienone is 9. The Bertz CT molecular complexity index is 1400. The highest BCUT2D eigenvalue weighted by molar-refractivity contribution is 7.45. The highest BCUT2D eigenvalue weighted by Crippen LogP contribution is 2.38. The number of hydrogen-bond donors (Lipinski definition) is 2. The average Bonchev–Trinajstić information content (AvgIpc) is 3.37. The zero-order chi connectivity index (χ0) is 54.9. The molecule has 0 spiro atoms. The lowest BCUT2D eigenvalue weighted by molar-refractivity contribution is -0.870. The minimum absolute atomic E-state index is 0.000149. The summed E-state index contributed by atoms with van der Waals surface area (Å²) in [6.45, 7) is 4.57. The second-order valence-corrected chi connectivity index (χ2v) is 24.5. The van der Waals surface area contributed by atoms with Crippen LogP contribution in [0, 0.1) is 0 Å². The summed E-state index contributed by atoms with van der Waals surface area (Å²) < 4.78 is 23.4. The summed E-state index contributed by atoms with van der Waals surface area (Å²) in [6.07, 6.45) is 77.6. The van der Waals surface area contributed by atoms with Gasteiger partial charge in [-0.3, -0.25) is 9.36 Å². The third-order valence-corrected chi connectivity index (χ3v) is 15.4. The fourth-order valence-corrected chi connectivity index (χ4v) is 10.2. The van der Waals surface area contributed by atoms with Gasteiger partial charge in [-0.2, -0.15) is 0 Å². The molecule has 0 saturated heterocycles. The van der Waals surface area contributed by atoms with E-state index in [0.717, 1.165) is 64.2 Å². The van der Waals surface area contributed by atoms with Gasteiger partial charge in [-0.1, -0.05) is 299 Å². The molecule has 3 unspecified atom stereocenters. The van der Waals surface area contributed by atoms with Crippen LogP contribution in [-0.2, 0) is 18.4 Å². The first-order valence-corrected chi connectivity index (χ1v) is 33.6. The molecule has 0 heterocycles. The van der Waals surface area contributed by atoms with Gasteiger partial charge in [0.1, 0.15) is 13.2 Å². The van der Waals surface area contributed by atoms with E-state index in [0.29, 0.717) is 17.4 Å². The van der Waals surface area contributed by atoms with Crippen molar-refractivity contribution in [3.63, 3.8) is 0 Å². The first-order valence-electron chi connectivity index (χ1n) is 32.2. The van der Waals surface area contributed by atoms with E-state index in [9.17, 15) is 19.4 Å². The minimum atomic E-state index is -4.60. The second kappa shape index (κ2) is 56.9. The Labute approximate surface area is 466 Å². The normalized spacial score (nSPS) is 14.2. The Kier molecular flexibility index (Phi) is 55.5. The Morgan fingerprint density at radius 2 is 0.813 bits per heavy atom. The third kappa shape index (κ3) is 59.7. The first kappa shape index (κ1) is 73.2. The minimum Gasteiger partial charge on any atom is -0.756 e. The van der Waals surface area contributed by atoms with E-state index in [1.165, 1.54) is 218 Å². The van der Waals surface area contributed by atoms with Crippen LogP contribution in [0.2, 0.25) is 0 Å². The van der Waals surface area contributed by atoms with E-state index in [1.54, 1.807) is 6.08 Å². The summed E-state index contributed by atoms with van der Waals surface area (Å²) in [6, 6.07) is -0.886. The van der Waals surface area contributed by atoms with E-state index in [4.69, 9.17) is 9.05 Å². The maximum Gasteiger partial charge on any atom is 0.268 e. The number of carbonyl (C=O) groups excluding carboxylic acids is 1. The van der Waals surface area contributed by atoms with Crippen LogP contribution in [0.15, 0.2) is 60.8 Å². The monoisotopic (exact) mass is 1070 g/mol. The number of aliphatic hydroxyl groups is 1. The van der Waals surface area contributed by atoms with Gasteiger partial charge in [-0.05, 0) is 57.8 Å². The molecule has 0 aromatic rings. The van der Waals surface area contributed by atoms with Crippen molar-refractivity contribution in [2.75, 3.05) is 40.9 Å². The van der Waals surface area contributed by atoms with Gasteiger partial charge >= 0.3 is 0 Å². The van der Waals surface area contributed by atoms with E-state index >= 15 is 0 Å². The lowest BCUT2D eigenvalue weighted by atomic mass is 10.0. The van der Waals surface area contributed by atoms with Crippen molar-refractivity contribution in [2.24, 2.45) is 0 Å². The van der Waals surface area contributed by atoms with E-state index in [-0.39, 0.29) is 19.1 Å². The third-order valence-electron chi connectivity index (χ3n) is 14.5. The standard InChI is InChI=1S/C66H125N2O6P/c1-6-8-10-12-14-16-18-20-22-24-25-26-27-28-29-30-31-32-33-34-35-36-37-38-39-40-41-42-43-44-46-48-50-52-54-56-58-60-66(70)67-64(63-74-75(71,72)73-62-61-68(3,4)5)65(69)59-57-55-53-51-49-47-45-23-21-19-17-15-13-11-9-7-2/h8,10,14,16,20,22,25-26,57,59,64-65,69H,6-7,9,11-13,15,17-19,21,23-24,27-56,58,60-63H2,1-5H3,(H-,67,70,71,72)/b10-8-,16-14-,22-20-,26-25-,59-57+. The quantitative estimate of drug-likeness (QED) is 0.0272. The number of unbranched alkanes of at least 4 members (excludes halogenated alkanes) is 38. The van der Waals surface area contributed by atoms with Gasteiger partial charge in [-0.25, -0.2) is 0 Å². The summed E-state index contributed by atoms with van der Waals surface area (Å²) in [4.78, 5) is 25.5. The molecule has 2 N–H and O–H groups in total. The molecule has 0 aromatic heterocycles. The number of phosphoric ester groups is 1. The largest absolute Gasteiger partial charge is 0.756 e. The second-order valence-electron chi connectivity index (χ2n) is 23.1. The van der Waals surface area contributed by atoms with Crippen LogP contribution >= 0.6 is 7.82 Å². The molecule has 0 aliphatic rings. The molecule has 3 atom stereocenters. The van der Waals surface area contributed by atoms with Crippen LogP contribution in [0.1, 0.15) is 303 Å². The number of amides is 1. The van der Waals surface area contributed by atoms with Crippen LogP contribution in [0.4, 0.5) is 0 Å². The molecule has 1 amide bonds. The molecule has 440 valence electrons. The molecule has 0 aliphatic heterocycles. The number of aliphatic hydroxyl groups excluding tert-OH is 1. The maximum atomic E-state index is 13.0. The summed E-state index contributed by atoms with van der Waals surface area (Å²) >= 11 is 0. The smallest absolute Gasteiger partial charge is 0.268 e. The Balaban J connectivity index is 3.95. The predicted molar refractivity (Wildman–Crippen MR) is 325 cm³/mol. The maximum absolute atomic E-state index is 13.0. The predicted octanol–water partition coefficient (Wildman–Crippen LogP) is 19.4. The van der Waals surface area contributed by atoms with Crippen LogP contribution in [0.3, 0.4) is 0 Å². The zero-order valence-corrected chi connectivity index (χ0v) is 51.1. The van der Waals surface area contributed by atoms with E-state index in [2.05, 4.69) is 67.8 Å². The number of hydrogen-bond acceptors (Lipinski definition) is 6. The summed E-state index contributed by atoms with van der Waals surface area (Å²) in [5, 5.41) is 13.9. The molecule has 0 saturated carbocycles. The number of carbonyl (C=O) groups is 1. The first-order chi connectivity index (χ1) is 36.5. The number of likely N-dealkylation sites (N-methyl/N-ethyl adjacent to an activating group) is 1. The molecular weight excluding hydrogens is 948 g/mol. The number of nitrogens with one attached hydrogen (secondary N) is 1. The zero-order valence-electron chi connectivity index (χ0n) is 50.3. The van der Waals surface area contributed by atoms with Gasteiger partial charge in [0.2, 0.25) is 5.91 Å². The average molecular weight is 1070 g/mol. The van der Waals surface area contributed by atoms with Gasteiger partial charge in [0.05, 0.1) is 39.9 Å². The molecule has 0 rings (SSSR count). The molecule has 0 bridgehead atoms. The van der Waals surface area contributed by atoms with Crippen LogP contribution in [0.25, 0.3) is 0 Å². The molecule has 0 fully saturated rings. The summed E-state index contributed by atoms with van der Waals surface area (Å²) in [7, 11) is 1.27. The molecule has 0 aromatic carbocycles. The summed E-state index contributed by atoms with van der Waals surface area (Å²) in [5.74, 6) is -0.193. The van der Waals surface area contributed by atoms with E-state index in [1.807, 2.05) is 27.2 Å². The molecule has 8 nitrogen and oxygen atoms in total. The molecule has 0 radical (unpaired) electrons. The SMILES string of the molecule is CC/C=C\C/C=C\C/C=C\C/C=C\CCCCCCCCCCCCCCCCCCCCCCCCCCC(=O)NC(COP(=O)([O-])OCC[N+](C)(C)C)C(O)/C=C/CCCCCCCCCCCCCCCC. The van der Waals surface area contributed by atoms with Gasteiger partial charge in [0.25, 0.3) is 7.82 Å². The number of nitrogens with zero attached hydrogens (tertiary/aromatic N) is 1. The van der Waals surface area contributed by atoms with Crippen molar-refractivity contribution in [3.05, 3.63) is 60.8 Å². The van der Waals surface area contributed by atoms with Crippen molar-refractivity contribution in [3.8, 4) is 0 Å². The Morgan fingerprint density at radius 1 is 0.480 bits per heavy atom. The topological polar surface area (TPSA) is 108 Å². The van der Waals surface area contributed by atoms with Crippen molar-refractivity contribution in [2.45, 2.75) is 315 Å². The van der Waals surface area contributed by atoms with Gasteiger partial charge < -0.3 is 28.8 Å². The van der Waals surface area contributed by atoms with Crippen molar-refractivity contribution >= 4 is 13.7 Å². The molecule has 9 heteroatoms. The van der Waals surface area contributed by atoms with Crippen LogP contribution in [0.5, 0.6) is 0 Å². The highest BCUT2D eigenvalue weighted by atomic mass is 31.2. The molecule has 0 aliphatic carbocycles. The lowest BCUT2D eigenvalue weighted by Gasteiger charge is -2.29. The van der Waals surface area contributed by atoms with Gasteiger partial charge in [-0.15, -0.1) is 0 Å². The van der Waals surface area contributed by atoms with Crippen molar-refractivity contribution in [1.29, 1.82) is 0 Å². The van der Waals surface area contributed by atoms with Crippen LogP contribution < -0.4 is 10.2 Å². The fourth-order valence-electron chi connectivity index (χ4n) is 9.50. The van der Waals surface area contributed by atoms with E-state index < -0.39 is 20.0 Å².